The minimum Gasteiger partial charge on any atom is -0.143 e. The van der Waals surface area contributed by atoms with Crippen LogP contribution < -0.4 is 9.75 Å². The number of aryl methyl sites for hydroxylation is 1. The highest BCUT2D eigenvalue weighted by Crippen LogP contribution is 2.30. The molecule has 2 aromatic rings. The molecule has 0 saturated carbocycles. The lowest BCUT2D eigenvalue weighted by Crippen LogP contribution is -2.24. The molecule has 1 heteroatoms. The van der Waals surface area contributed by atoms with E-state index < -0.39 is 0 Å². The molecule has 94 valence electrons. The van der Waals surface area contributed by atoms with Gasteiger partial charge in [0.15, 0.2) is 0 Å². The Balaban J connectivity index is 1.95. The number of fused-ring (bicyclic) bond motifs is 2. The van der Waals surface area contributed by atoms with Crippen molar-refractivity contribution in [1.82, 2.24) is 0 Å². The maximum Gasteiger partial charge on any atom is 0.0306 e. The van der Waals surface area contributed by atoms with Crippen LogP contribution in [0.25, 0.3) is 17.7 Å². The highest BCUT2D eigenvalue weighted by molar-refractivity contribution is 7.08. The molecule has 1 aromatic carbocycles. The first-order valence-electron chi connectivity index (χ1n) is 7.00. The van der Waals surface area contributed by atoms with Crippen molar-refractivity contribution in [3.63, 3.8) is 0 Å². The van der Waals surface area contributed by atoms with Gasteiger partial charge in [0.2, 0.25) is 0 Å². The number of benzene rings is 1. The summed E-state index contributed by atoms with van der Waals surface area (Å²) in [6.07, 6.45) is 12.0. The second-order valence-electron chi connectivity index (χ2n) is 5.23. The van der Waals surface area contributed by atoms with Gasteiger partial charge in [0, 0.05) is 10.1 Å². The van der Waals surface area contributed by atoms with Crippen LogP contribution in [0.4, 0.5) is 0 Å². The van der Waals surface area contributed by atoms with Crippen molar-refractivity contribution < 1.29 is 0 Å². The zero-order chi connectivity index (χ0) is 12.7. The molecule has 0 N–H and O–H groups in total. The van der Waals surface area contributed by atoms with Crippen molar-refractivity contribution in [2.24, 2.45) is 0 Å². The van der Waals surface area contributed by atoms with Gasteiger partial charge in [-0.15, -0.1) is 11.3 Å². The third-order valence-corrected chi connectivity index (χ3v) is 5.06. The van der Waals surface area contributed by atoms with E-state index in [-0.39, 0.29) is 0 Å². The van der Waals surface area contributed by atoms with Gasteiger partial charge >= 0.3 is 0 Å². The van der Waals surface area contributed by atoms with Gasteiger partial charge in [-0.25, -0.2) is 0 Å². The van der Waals surface area contributed by atoms with Crippen molar-refractivity contribution >= 4 is 29.1 Å². The molecule has 4 rings (SSSR count). The fourth-order valence-electron chi connectivity index (χ4n) is 3.14. The van der Waals surface area contributed by atoms with E-state index in [1.807, 2.05) is 11.3 Å². The molecule has 19 heavy (non-hydrogen) atoms. The summed E-state index contributed by atoms with van der Waals surface area (Å²) < 4.78 is 1.46. The van der Waals surface area contributed by atoms with Gasteiger partial charge in [0.05, 0.1) is 0 Å². The van der Waals surface area contributed by atoms with Gasteiger partial charge in [0.1, 0.15) is 0 Å². The molecule has 0 aliphatic heterocycles. The molecular weight excluding hydrogens is 248 g/mol. The van der Waals surface area contributed by atoms with E-state index in [1.165, 1.54) is 57.7 Å². The number of rotatable bonds is 1. The van der Waals surface area contributed by atoms with E-state index in [4.69, 9.17) is 0 Å². The second kappa shape index (κ2) is 4.50. The maximum absolute atomic E-state index is 2.42. The average Bonchev–Trinajstić information content (AvgIpc) is 2.90. The Labute approximate surface area is 117 Å². The Hall–Kier alpha value is -1.60. The normalized spacial score (nSPS) is 16.7. The molecule has 0 bridgehead atoms. The summed E-state index contributed by atoms with van der Waals surface area (Å²) in [6, 6.07) is 8.87. The van der Waals surface area contributed by atoms with E-state index in [1.54, 1.807) is 0 Å². The Morgan fingerprint density at radius 2 is 1.74 bits per heavy atom. The van der Waals surface area contributed by atoms with Crippen LogP contribution in [0.2, 0.25) is 0 Å². The largest absolute Gasteiger partial charge is 0.143 e. The predicted molar refractivity (Wildman–Crippen MR) is 83.6 cm³/mol. The fourth-order valence-corrected chi connectivity index (χ4v) is 4.17. The molecule has 1 heterocycles. The Morgan fingerprint density at radius 1 is 0.842 bits per heavy atom. The lowest BCUT2D eigenvalue weighted by Gasteiger charge is -2.17. The van der Waals surface area contributed by atoms with Crippen LogP contribution in [0.15, 0.2) is 35.7 Å². The quantitative estimate of drug-likeness (QED) is 0.740. The van der Waals surface area contributed by atoms with E-state index in [2.05, 4.69) is 47.9 Å². The van der Waals surface area contributed by atoms with Gasteiger partial charge < -0.3 is 0 Å². The van der Waals surface area contributed by atoms with E-state index >= 15 is 0 Å². The summed E-state index contributed by atoms with van der Waals surface area (Å²) in [6.45, 7) is 0. The van der Waals surface area contributed by atoms with Gasteiger partial charge in [-0.1, -0.05) is 42.5 Å². The van der Waals surface area contributed by atoms with Gasteiger partial charge in [-0.3, -0.25) is 0 Å². The van der Waals surface area contributed by atoms with Gasteiger partial charge in [0.25, 0.3) is 0 Å². The monoisotopic (exact) mass is 264 g/mol. The summed E-state index contributed by atoms with van der Waals surface area (Å²) in [5.41, 5.74) is 5.84. The Morgan fingerprint density at radius 3 is 2.74 bits per heavy atom. The lowest BCUT2D eigenvalue weighted by molar-refractivity contribution is 0.977. The fraction of sp³-hybridized carbons (Fsp3) is 0.222. The topological polar surface area (TPSA) is 0 Å². The van der Waals surface area contributed by atoms with Crippen LogP contribution in [0.5, 0.6) is 0 Å². The second-order valence-corrected chi connectivity index (χ2v) is 6.14. The summed E-state index contributed by atoms with van der Waals surface area (Å²) >= 11 is 1.89. The molecule has 0 atom stereocenters. The van der Waals surface area contributed by atoms with Crippen LogP contribution in [0, 0.1) is 0 Å². The smallest absolute Gasteiger partial charge is 0.0306 e. The van der Waals surface area contributed by atoms with Crippen LogP contribution in [-0.4, -0.2) is 0 Å². The molecular formula is C18H16S. The summed E-state index contributed by atoms with van der Waals surface area (Å²) in [5.74, 6) is 0. The van der Waals surface area contributed by atoms with Crippen molar-refractivity contribution in [2.75, 3.05) is 0 Å². The van der Waals surface area contributed by atoms with Crippen LogP contribution in [-0.2, 0) is 6.42 Å². The molecule has 2 aliphatic rings. The SMILES string of the molecule is C1=C(c2csc3c2=CCCC=3)c2ccccc2CC1. The molecule has 0 fully saturated rings. The first-order valence-corrected chi connectivity index (χ1v) is 7.88. The standard InChI is InChI=1S/C18H16S/c1-2-8-14-13(6-1)7-5-10-15(14)17-12-19-18-11-4-3-9-16(17)18/h1-2,6,8-12H,3-5,7H2. The molecule has 0 radical (unpaired) electrons. The molecule has 0 amide bonds. The van der Waals surface area contributed by atoms with Crippen LogP contribution in [0.3, 0.4) is 0 Å². The molecule has 1 aromatic heterocycles. The van der Waals surface area contributed by atoms with Crippen molar-refractivity contribution in [3.8, 4) is 0 Å². The van der Waals surface area contributed by atoms with Crippen molar-refractivity contribution in [1.29, 1.82) is 0 Å². The number of hydrogen-bond acceptors (Lipinski definition) is 1. The highest BCUT2D eigenvalue weighted by atomic mass is 32.1. The molecule has 0 spiro atoms. The summed E-state index contributed by atoms with van der Waals surface area (Å²) in [5, 5.41) is 3.82. The molecule has 0 unspecified atom stereocenters. The van der Waals surface area contributed by atoms with E-state index in [0.29, 0.717) is 0 Å². The number of allylic oxidation sites excluding steroid dienone is 1. The van der Waals surface area contributed by atoms with Crippen LogP contribution >= 0.6 is 11.3 Å². The van der Waals surface area contributed by atoms with Crippen molar-refractivity contribution in [2.45, 2.75) is 25.7 Å². The summed E-state index contributed by atoms with van der Waals surface area (Å²) in [7, 11) is 0. The molecule has 2 aliphatic carbocycles. The minimum absolute atomic E-state index is 1.17. The Bertz CT molecular complexity index is 774. The highest BCUT2D eigenvalue weighted by Gasteiger charge is 2.15. The average molecular weight is 264 g/mol. The first-order chi connectivity index (χ1) is 9.43. The minimum atomic E-state index is 1.17. The lowest BCUT2D eigenvalue weighted by atomic mass is 9.87. The van der Waals surface area contributed by atoms with Crippen LogP contribution in [0.1, 0.15) is 36.0 Å². The zero-order valence-corrected chi connectivity index (χ0v) is 11.7. The zero-order valence-electron chi connectivity index (χ0n) is 10.9. The predicted octanol–water partition coefficient (Wildman–Crippen LogP) is 3.48. The summed E-state index contributed by atoms with van der Waals surface area (Å²) in [4.78, 5) is 0. The third kappa shape index (κ3) is 1.81. The maximum atomic E-state index is 2.42. The van der Waals surface area contributed by atoms with E-state index in [0.717, 1.165) is 0 Å². The molecule has 0 nitrogen and oxygen atoms in total. The molecule has 0 saturated heterocycles. The number of hydrogen-bond donors (Lipinski definition) is 0. The third-order valence-electron chi connectivity index (χ3n) is 4.06. The van der Waals surface area contributed by atoms with E-state index in [9.17, 15) is 0 Å². The van der Waals surface area contributed by atoms with Crippen molar-refractivity contribution in [3.05, 3.63) is 62.2 Å². The number of thiophene rings is 1. The van der Waals surface area contributed by atoms with Gasteiger partial charge in [-0.05, 0) is 53.0 Å². The Kier molecular flexibility index (Phi) is 2.66. The van der Waals surface area contributed by atoms with Gasteiger partial charge in [-0.2, -0.15) is 0 Å². The first kappa shape index (κ1) is 11.2.